The Kier molecular flexibility index (Phi) is 7.35. The summed E-state index contributed by atoms with van der Waals surface area (Å²) in [5.74, 6) is -1.36. The van der Waals surface area contributed by atoms with E-state index in [1.165, 1.54) is 12.1 Å². The number of amides is 1. The SMILES string of the molecule is CCCCCCCC(=O)ON(O)C(=O)c1ccccc1. The smallest absolute Gasteiger partial charge is 0.312 e. The first-order valence-electron chi connectivity index (χ1n) is 6.94. The van der Waals surface area contributed by atoms with Crippen LogP contribution in [-0.2, 0) is 9.63 Å². The standard InChI is InChI=1S/C15H21NO4/c1-2-3-4-5-9-12-14(17)20-16(19)15(18)13-10-7-6-8-11-13/h6-8,10-11,19H,2-5,9,12H2,1H3. The van der Waals surface area contributed by atoms with E-state index < -0.39 is 11.9 Å². The van der Waals surface area contributed by atoms with Gasteiger partial charge in [-0.05, 0) is 23.8 Å². The van der Waals surface area contributed by atoms with E-state index in [4.69, 9.17) is 0 Å². The van der Waals surface area contributed by atoms with Crippen LogP contribution in [0.4, 0.5) is 0 Å². The molecule has 1 N–H and O–H groups in total. The minimum atomic E-state index is -0.759. The molecule has 0 atom stereocenters. The molecule has 110 valence electrons. The number of hydroxylamine groups is 2. The first-order valence-corrected chi connectivity index (χ1v) is 6.94. The van der Waals surface area contributed by atoms with E-state index in [1.54, 1.807) is 18.2 Å². The number of rotatable bonds is 7. The second-order valence-corrected chi connectivity index (χ2v) is 4.57. The molecule has 0 unspecified atom stereocenters. The molecule has 0 spiro atoms. The van der Waals surface area contributed by atoms with Gasteiger partial charge in [0.2, 0.25) is 0 Å². The summed E-state index contributed by atoms with van der Waals surface area (Å²) in [5, 5.41) is 9.43. The van der Waals surface area contributed by atoms with Crippen LogP contribution < -0.4 is 0 Å². The molecule has 0 bridgehead atoms. The highest BCUT2D eigenvalue weighted by Gasteiger charge is 2.17. The lowest BCUT2D eigenvalue weighted by Crippen LogP contribution is -2.30. The first-order chi connectivity index (χ1) is 9.65. The molecule has 20 heavy (non-hydrogen) atoms. The number of unbranched alkanes of at least 4 members (excludes halogenated alkanes) is 4. The Morgan fingerprint density at radius 3 is 2.40 bits per heavy atom. The molecule has 0 saturated heterocycles. The molecule has 1 aromatic carbocycles. The molecule has 0 aromatic heterocycles. The van der Waals surface area contributed by atoms with Gasteiger partial charge in [0.25, 0.3) is 0 Å². The van der Waals surface area contributed by atoms with Gasteiger partial charge in [-0.2, -0.15) is 0 Å². The maximum Gasteiger partial charge on any atom is 0.335 e. The van der Waals surface area contributed by atoms with E-state index in [0.717, 1.165) is 25.7 Å². The average molecular weight is 279 g/mol. The molecular weight excluding hydrogens is 258 g/mol. The van der Waals surface area contributed by atoms with Gasteiger partial charge in [0.05, 0.1) is 0 Å². The fraction of sp³-hybridized carbons (Fsp3) is 0.467. The highest BCUT2D eigenvalue weighted by molar-refractivity contribution is 5.93. The minimum absolute atomic E-state index is 0.00368. The van der Waals surface area contributed by atoms with Gasteiger partial charge in [0, 0.05) is 12.0 Å². The summed E-state index contributed by atoms with van der Waals surface area (Å²) >= 11 is 0. The van der Waals surface area contributed by atoms with Crippen molar-refractivity contribution in [1.82, 2.24) is 5.23 Å². The second kappa shape index (κ2) is 9.09. The summed E-state index contributed by atoms with van der Waals surface area (Å²) < 4.78 is 0. The van der Waals surface area contributed by atoms with Crippen LogP contribution in [0, 0.1) is 0 Å². The Bertz CT molecular complexity index is 419. The monoisotopic (exact) mass is 279 g/mol. The summed E-state index contributed by atoms with van der Waals surface area (Å²) in [5.41, 5.74) is 0.255. The fourth-order valence-electron chi connectivity index (χ4n) is 1.75. The Morgan fingerprint density at radius 1 is 1.10 bits per heavy atom. The molecule has 0 radical (unpaired) electrons. The molecule has 0 fully saturated rings. The van der Waals surface area contributed by atoms with E-state index >= 15 is 0 Å². The third-order valence-electron chi connectivity index (χ3n) is 2.87. The molecular formula is C15H21NO4. The van der Waals surface area contributed by atoms with E-state index in [-0.39, 0.29) is 17.2 Å². The van der Waals surface area contributed by atoms with Crippen molar-refractivity contribution in [2.75, 3.05) is 0 Å². The molecule has 1 amide bonds. The summed E-state index contributed by atoms with van der Waals surface area (Å²) in [6.07, 6.45) is 5.21. The number of benzene rings is 1. The van der Waals surface area contributed by atoms with Gasteiger partial charge in [-0.25, -0.2) is 4.79 Å². The normalized spacial score (nSPS) is 10.1. The molecule has 0 heterocycles. The number of hydrogen-bond donors (Lipinski definition) is 1. The van der Waals surface area contributed by atoms with E-state index in [9.17, 15) is 14.8 Å². The van der Waals surface area contributed by atoms with E-state index in [1.807, 2.05) is 0 Å². The highest BCUT2D eigenvalue weighted by Crippen LogP contribution is 2.08. The van der Waals surface area contributed by atoms with Crippen LogP contribution in [0.2, 0.25) is 0 Å². The van der Waals surface area contributed by atoms with E-state index in [2.05, 4.69) is 11.8 Å². The Labute approximate surface area is 119 Å². The largest absolute Gasteiger partial charge is 0.335 e. The molecule has 0 aliphatic heterocycles. The van der Waals surface area contributed by atoms with Gasteiger partial charge in [0.15, 0.2) is 0 Å². The number of nitrogens with zero attached hydrogens (tertiary/aromatic N) is 1. The molecule has 1 aromatic rings. The third-order valence-corrected chi connectivity index (χ3v) is 2.87. The van der Waals surface area contributed by atoms with E-state index in [0.29, 0.717) is 6.42 Å². The van der Waals surface area contributed by atoms with Crippen molar-refractivity contribution >= 4 is 11.9 Å². The maximum atomic E-state index is 11.7. The zero-order valence-electron chi connectivity index (χ0n) is 11.7. The summed E-state index contributed by atoms with van der Waals surface area (Å²) in [6, 6.07) is 8.14. The molecule has 5 nitrogen and oxygen atoms in total. The number of carbonyl (C=O) groups is 2. The summed E-state index contributed by atoms with van der Waals surface area (Å²) in [6.45, 7) is 2.12. The Hall–Kier alpha value is -1.88. The topological polar surface area (TPSA) is 66.8 Å². The minimum Gasteiger partial charge on any atom is -0.312 e. The van der Waals surface area contributed by atoms with Gasteiger partial charge < -0.3 is 4.84 Å². The predicted octanol–water partition coefficient (Wildman–Crippen LogP) is 3.34. The lowest BCUT2D eigenvalue weighted by Gasteiger charge is -2.13. The molecule has 0 aliphatic carbocycles. The summed E-state index contributed by atoms with van der Waals surface area (Å²) in [7, 11) is 0. The quantitative estimate of drug-likeness (QED) is 0.472. The van der Waals surface area contributed by atoms with Crippen LogP contribution in [-0.4, -0.2) is 22.3 Å². The van der Waals surface area contributed by atoms with Crippen LogP contribution in [0.5, 0.6) is 0 Å². The lowest BCUT2D eigenvalue weighted by molar-refractivity contribution is -0.279. The van der Waals surface area contributed by atoms with Gasteiger partial charge in [-0.1, -0.05) is 50.8 Å². The zero-order chi connectivity index (χ0) is 14.8. The number of carbonyl (C=O) groups excluding carboxylic acids is 2. The Balaban J connectivity index is 2.29. The number of hydrogen-bond acceptors (Lipinski definition) is 4. The van der Waals surface area contributed by atoms with Crippen LogP contribution in [0.25, 0.3) is 0 Å². The second-order valence-electron chi connectivity index (χ2n) is 4.57. The highest BCUT2D eigenvalue weighted by atomic mass is 16.9. The van der Waals surface area contributed by atoms with Crippen LogP contribution >= 0.6 is 0 Å². The fourth-order valence-corrected chi connectivity index (χ4v) is 1.75. The van der Waals surface area contributed by atoms with Crippen molar-refractivity contribution in [2.24, 2.45) is 0 Å². The molecule has 5 heteroatoms. The zero-order valence-corrected chi connectivity index (χ0v) is 11.7. The third kappa shape index (κ3) is 5.84. The van der Waals surface area contributed by atoms with Crippen LogP contribution in [0.1, 0.15) is 55.8 Å². The lowest BCUT2D eigenvalue weighted by atomic mass is 10.1. The van der Waals surface area contributed by atoms with Crippen molar-refractivity contribution in [1.29, 1.82) is 0 Å². The van der Waals surface area contributed by atoms with Crippen molar-refractivity contribution < 1.29 is 19.6 Å². The maximum absolute atomic E-state index is 11.7. The van der Waals surface area contributed by atoms with Crippen LogP contribution in [0.3, 0.4) is 0 Å². The van der Waals surface area contributed by atoms with Crippen molar-refractivity contribution in [3.8, 4) is 0 Å². The average Bonchev–Trinajstić information content (AvgIpc) is 2.47. The van der Waals surface area contributed by atoms with Gasteiger partial charge in [-0.15, -0.1) is 0 Å². The van der Waals surface area contributed by atoms with Gasteiger partial charge in [-0.3, -0.25) is 10.0 Å². The van der Waals surface area contributed by atoms with Crippen LogP contribution in [0.15, 0.2) is 30.3 Å². The molecule has 0 saturated carbocycles. The Morgan fingerprint density at radius 2 is 1.75 bits per heavy atom. The summed E-state index contributed by atoms with van der Waals surface area (Å²) in [4.78, 5) is 27.7. The van der Waals surface area contributed by atoms with Crippen molar-refractivity contribution in [2.45, 2.75) is 45.4 Å². The molecule has 0 aliphatic rings. The van der Waals surface area contributed by atoms with Gasteiger partial charge >= 0.3 is 11.9 Å². The predicted molar refractivity (Wildman–Crippen MR) is 73.9 cm³/mol. The first kappa shape index (κ1) is 16.2. The van der Waals surface area contributed by atoms with Gasteiger partial charge in [0.1, 0.15) is 0 Å². The molecule has 1 rings (SSSR count). The van der Waals surface area contributed by atoms with Crippen molar-refractivity contribution in [3.63, 3.8) is 0 Å². The van der Waals surface area contributed by atoms with Crippen molar-refractivity contribution in [3.05, 3.63) is 35.9 Å².